The Bertz CT molecular complexity index is 671. The Morgan fingerprint density at radius 2 is 1.80 bits per heavy atom. The number of nitrogens with one attached hydrogen (secondary N) is 1. The molecule has 0 spiro atoms. The van der Waals surface area contributed by atoms with Crippen molar-refractivity contribution in [2.75, 3.05) is 5.32 Å². The molecule has 2 N–H and O–H groups in total. The summed E-state index contributed by atoms with van der Waals surface area (Å²) in [6.45, 7) is 0. The molecule has 0 unspecified atom stereocenters. The van der Waals surface area contributed by atoms with Crippen LogP contribution in [0.15, 0.2) is 24.3 Å². The third kappa shape index (κ3) is 2.83. The Kier molecular flexibility index (Phi) is 3.80. The number of anilines is 2. The van der Waals surface area contributed by atoms with Gasteiger partial charge in [-0.3, -0.25) is 0 Å². The van der Waals surface area contributed by atoms with Crippen LogP contribution in [0.5, 0.6) is 0 Å². The van der Waals surface area contributed by atoms with Gasteiger partial charge in [0.15, 0.2) is 17.3 Å². The zero-order valence-corrected chi connectivity index (χ0v) is 10.4. The fourth-order valence-electron chi connectivity index (χ4n) is 1.45. The summed E-state index contributed by atoms with van der Waals surface area (Å²) in [6.07, 6.45) is 0. The van der Waals surface area contributed by atoms with Crippen LogP contribution in [0.1, 0.15) is 10.5 Å². The monoisotopic (exact) mass is 302 g/mol. The molecule has 1 aromatic heterocycles. The second kappa shape index (κ2) is 5.38. The first-order chi connectivity index (χ1) is 9.38. The first kappa shape index (κ1) is 14.1. The number of hydrogen-bond acceptors (Lipinski definition) is 3. The van der Waals surface area contributed by atoms with Gasteiger partial charge in [-0.15, -0.1) is 0 Å². The SMILES string of the molecule is O=C(O)c1nc(Nc2c(F)cc(F)cc2F)ccc1Cl. The third-order valence-corrected chi connectivity index (χ3v) is 2.61. The first-order valence-corrected chi connectivity index (χ1v) is 5.57. The molecule has 0 atom stereocenters. The minimum absolute atomic E-state index is 0.122. The van der Waals surface area contributed by atoms with Gasteiger partial charge in [0.25, 0.3) is 0 Å². The lowest BCUT2D eigenvalue weighted by molar-refractivity contribution is 0.0691. The normalized spacial score (nSPS) is 10.4. The first-order valence-electron chi connectivity index (χ1n) is 5.20. The minimum atomic E-state index is -1.39. The fourth-order valence-corrected chi connectivity index (χ4v) is 1.64. The molecule has 0 aliphatic rings. The van der Waals surface area contributed by atoms with E-state index in [0.29, 0.717) is 12.1 Å². The molecule has 1 aromatic carbocycles. The molecular weight excluding hydrogens is 297 g/mol. The van der Waals surface area contributed by atoms with E-state index in [1.807, 2.05) is 0 Å². The molecule has 1 heterocycles. The standard InChI is InChI=1S/C12H6ClF3N2O2/c13-6-1-2-9(17-10(6)12(19)20)18-11-7(15)3-5(14)4-8(11)16/h1-4H,(H,17,18)(H,19,20). The molecule has 0 amide bonds. The number of aromatic carboxylic acids is 1. The average Bonchev–Trinajstić information content (AvgIpc) is 2.35. The number of carbonyl (C=O) groups is 1. The van der Waals surface area contributed by atoms with E-state index < -0.39 is 34.8 Å². The fraction of sp³-hybridized carbons (Fsp3) is 0. The van der Waals surface area contributed by atoms with Gasteiger partial charge in [-0.2, -0.15) is 0 Å². The van der Waals surface area contributed by atoms with Crippen molar-refractivity contribution in [2.24, 2.45) is 0 Å². The molecule has 104 valence electrons. The smallest absolute Gasteiger partial charge is 0.356 e. The van der Waals surface area contributed by atoms with E-state index in [1.54, 1.807) is 0 Å². The maximum absolute atomic E-state index is 13.4. The molecule has 4 nitrogen and oxygen atoms in total. The molecule has 0 aliphatic carbocycles. The molecule has 8 heteroatoms. The number of benzene rings is 1. The van der Waals surface area contributed by atoms with E-state index >= 15 is 0 Å². The van der Waals surface area contributed by atoms with E-state index in [0.717, 1.165) is 0 Å². The van der Waals surface area contributed by atoms with Crippen molar-refractivity contribution in [3.8, 4) is 0 Å². The Morgan fingerprint density at radius 1 is 1.20 bits per heavy atom. The van der Waals surface area contributed by atoms with Gasteiger partial charge in [0.2, 0.25) is 0 Å². The number of rotatable bonds is 3. The van der Waals surface area contributed by atoms with Crippen LogP contribution in [-0.2, 0) is 0 Å². The Morgan fingerprint density at radius 3 is 2.35 bits per heavy atom. The van der Waals surface area contributed by atoms with E-state index in [1.165, 1.54) is 12.1 Å². The lowest BCUT2D eigenvalue weighted by Crippen LogP contribution is -2.06. The summed E-state index contributed by atoms with van der Waals surface area (Å²) in [5, 5.41) is 10.9. The topological polar surface area (TPSA) is 62.2 Å². The third-order valence-electron chi connectivity index (χ3n) is 2.31. The summed E-state index contributed by atoms with van der Waals surface area (Å²) in [5.41, 5.74) is -1.11. The summed E-state index contributed by atoms with van der Waals surface area (Å²) in [7, 11) is 0. The van der Waals surface area contributed by atoms with Crippen LogP contribution in [0, 0.1) is 17.5 Å². The number of pyridine rings is 1. The predicted octanol–water partition coefficient (Wildman–Crippen LogP) is 3.59. The highest BCUT2D eigenvalue weighted by molar-refractivity contribution is 6.33. The van der Waals surface area contributed by atoms with E-state index in [2.05, 4.69) is 10.3 Å². The molecule has 0 bridgehead atoms. The second-order valence-electron chi connectivity index (χ2n) is 3.70. The number of aromatic nitrogens is 1. The number of nitrogens with zero attached hydrogens (tertiary/aromatic N) is 1. The van der Waals surface area contributed by atoms with Gasteiger partial charge in [0, 0.05) is 12.1 Å². The van der Waals surface area contributed by atoms with Crippen LogP contribution in [0.25, 0.3) is 0 Å². The number of halogens is 4. The molecule has 0 aliphatic heterocycles. The van der Waals surface area contributed by atoms with E-state index in [9.17, 15) is 18.0 Å². The number of hydrogen-bond donors (Lipinski definition) is 2. The highest BCUT2D eigenvalue weighted by Crippen LogP contribution is 2.25. The molecular formula is C12H6ClF3N2O2. The van der Waals surface area contributed by atoms with Crippen LogP contribution < -0.4 is 5.32 Å². The van der Waals surface area contributed by atoms with Crippen LogP contribution >= 0.6 is 11.6 Å². The maximum atomic E-state index is 13.4. The van der Waals surface area contributed by atoms with Crippen LogP contribution in [0.2, 0.25) is 5.02 Å². The van der Waals surface area contributed by atoms with E-state index in [-0.39, 0.29) is 10.8 Å². The van der Waals surface area contributed by atoms with Gasteiger partial charge in [0.05, 0.1) is 5.02 Å². The predicted molar refractivity (Wildman–Crippen MR) is 65.8 cm³/mol. The van der Waals surface area contributed by atoms with Crippen molar-refractivity contribution >= 4 is 29.1 Å². The Labute approximate surface area is 115 Å². The highest BCUT2D eigenvalue weighted by Gasteiger charge is 2.15. The molecule has 0 radical (unpaired) electrons. The van der Waals surface area contributed by atoms with Gasteiger partial charge >= 0.3 is 5.97 Å². The zero-order chi connectivity index (χ0) is 14.9. The molecule has 2 rings (SSSR count). The zero-order valence-electron chi connectivity index (χ0n) is 9.62. The highest BCUT2D eigenvalue weighted by atomic mass is 35.5. The summed E-state index contributed by atoms with van der Waals surface area (Å²) in [4.78, 5) is 14.4. The van der Waals surface area contributed by atoms with E-state index in [4.69, 9.17) is 16.7 Å². The minimum Gasteiger partial charge on any atom is -0.476 e. The van der Waals surface area contributed by atoms with Gasteiger partial charge in [-0.05, 0) is 12.1 Å². The molecule has 20 heavy (non-hydrogen) atoms. The van der Waals surface area contributed by atoms with Gasteiger partial charge in [-0.1, -0.05) is 11.6 Å². The van der Waals surface area contributed by atoms with Crippen molar-refractivity contribution < 1.29 is 23.1 Å². The van der Waals surface area contributed by atoms with Crippen molar-refractivity contribution in [3.63, 3.8) is 0 Å². The van der Waals surface area contributed by atoms with Crippen molar-refractivity contribution in [1.29, 1.82) is 0 Å². The van der Waals surface area contributed by atoms with Crippen LogP contribution in [0.3, 0.4) is 0 Å². The van der Waals surface area contributed by atoms with Gasteiger partial charge in [0.1, 0.15) is 17.3 Å². The molecule has 0 fully saturated rings. The lowest BCUT2D eigenvalue weighted by Gasteiger charge is -2.09. The maximum Gasteiger partial charge on any atom is 0.356 e. The van der Waals surface area contributed by atoms with Gasteiger partial charge < -0.3 is 10.4 Å². The Hall–Kier alpha value is -2.28. The summed E-state index contributed by atoms with van der Waals surface area (Å²) in [6, 6.07) is 3.41. The van der Waals surface area contributed by atoms with Crippen LogP contribution in [0.4, 0.5) is 24.7 Å². The second-order valence-corrected chi connectivity index (χ2v) is 4.11. The number of carboxylic acids is 1. The van der Waals surface area contributed by atoms with Crippen molar-refractivity contribution in [1.82, 2.24) is 4.98 Å². The summed E-state index contributed by atoms with van der Waals surface area (Å²) < 4.78 is 39.6. The molecule has 2 aromatic rings. The summed E-state index contributed by atoms with van der Waals surface area (Å²) >= 11 is 5.61. The van der Waals surface area contributed by atoms with Crippen molar-refractivity contribution in [3.05, 3.63) is 52.4 Å². The molecule has 0 saturated heterocycles. The van der Waals surface area contributed by atoms with Crippen LogP contribution in [-0.4, -0.2) is 16.1 Å². The van der Waals surface area contributed by atoms with Crippen molar-refractivity contribution in [2.45, 2.75) is 0 Å². The quantitative estimate of drug-likeness (QED) is 0.909. The summed E-state index contributed by atoms with van der Waals surface area (Å²) in [5.74, 6) is -4.94. The Balaban J connectivity index is 2.41. The largest absolute Gasteiger partial charge is 0.476 e. The average molecular weight is 303 g/mol. The lowest BCUT2D eigenvalue weighted by atomic mass is 10.2. The number of carboxylic acid groups (broad SMARTS) is 1. The van der Waals surface area contributed by atoms with Gasteiger partial charge in [-0.25, -0.2) is 22.9 Å². The molecule has 0 saturated carbocycles.